The van der Waals surface area contributed by atoms with Crippen LogP contribution in [0.4, 0.5) is 11.4 Å². The molecule has 110 valence electrons. The molecule has 0 saturated carbocycles. The highest BCUT2D eigenvalue weighted by molar-refractivity contribution is 5.99. The molecule has 0 aliphatic heterocycles. The van der Waals surface area contributed by atoms with E-state index < -0.39 is 10.8 Å². The lowest BCUT2D eigenvalue weighted by Crippen LogP contribution is -2.41. The molecule has 1 rings (SSSR count). The summed E-state index contributed by atoms with van der Waals surface area (Å²) in [6.07, 6.45) is 0. The van der Waals surface area contributed by atoms with Crippen molar-refractivity contribution < 1.29 is 9.72 Å². The van der Waals surface area contributed by atoms with Crippen molar-refractivity contribution in [2.45, 2.75) is 33.7 Å². The van der Waals surface area contributed by atoms with E-state index in [-0.39, 0.29) is 22.7 Å². The average Bonchev–Trinajstić information content (AvgIpc) is 2.36. The van der Waals surface area contributed by atoms with Crippen LogP contribution in [0.3, 0.4) is 0 Å². The van der Waals surface area contributed by atoms with Crippen molar-refractivity contribution in [3.05, 3.63) is 33.9 Å². The second-order valence-electron chi connectivity index (χ2n) is 5.80. The van der Waals surface area contributed by atoms with Crippen molar-refractivity contribution in [1.29, 1.82) is 0 Å². The van der Waals surface area contributed by atoms with Gasteiger partial charge in [-0.2, -0.15) is 0 Å². The largest absolute Gasteiger partial charge is 0.388 e. The Kier molecular flexibility index (Phi) is 4.70. The second-order valence-corrected chi connectivity index (χ2v) is 5.80. The van der Waals surface area contributed by atoms with Gasteiger partial charge in [-0.3, -0.25) is 14.9 Å². The SMILES string of the molecule is CNc1ccc([N+](=O)[O-])c(C(=O)NC(C)C(C)(C)C)c1. The van der Waals surface area contributed by atoms with Gasteiger partial charge in [0.15, 0.2) is 0 Å². The van der Waals surface area contributed by atoms with E-state index in [0.29, 0.717) is 5.69 Å². The van der Waals surface area contributed by atoms with Gasteiger partial charge in [-0.25, -0.2) is 0 Å². The number of nitro groups is 1. The Hall–Kier alpha value is -2.11. The Morgan fingerprint density at radius 1 is 1.35 bits per heavy atom. The minimum absolute atomic E-state index is 0.0675. The zero-order chi connectivity index (χ0) is 15.5. The van der Waals surface area contributed by atoms with Crippen LogP contribution in [-0.2, 0) is 0 Å². The molecule has 1 atom stereocenters. The van der Waals surface area contributed by atoms with Gasteiger partial charge in [0, 0.05) is 24.8 Å². The molecule has 0 aliphatic rings. The molecule has 1 unspecified atom stereocenters. The molecule has 20 heavy (non-hydrogen) atoms. The minimum Gasteiger partial charge on any atom is -0.388 e. The predicted molar refractivity (Wildman–Crippen MR) is 79.0 cm³/mol. The first-order valence-corrected chi connectivity index (χ1v) is 6.44. The van der Waals surface area contributed by atoms with Gasteiger partial charge in [-0.15, -0.1) is 0 Å². The molecule has 1 amide bonds. The number of amides is 1. The van der Waals surface area contributed by atoms with E-state index in [1.165, 1.54) is 12.1 Å². The molecular weight excluding hydrogens is 258 g/mol. The zero-order valence-electron chi connectivity index (χ0n) is 12.5. The summed E-state index contributed by atoms with van der Waals surface area (Å²) in [4.78, 5) is 22.7. The molecule has 1 aromatic rings. The van der Waals surface area contributed by atoms with Crippen LogP contribution in [0.2, 0.25) is 0 Å². The van der Waals surface area contributed by atoms with E-state index in [0.717, 1.165) is 0 Å². The third kappa shape index (κ3) is 3.69. The summed E-state index contributed by atoms with van der Waals surface area (Å²) in [6, 6.07) is 4.29. The van der Waals surface area contributed by atoms with Crippen LogP contribution < -0.4 is 10.6 Å². The normalized spacial score (nSPS) is 12.7. The molecule has 0 aromatic heterocycles. The summed E-state index contributed by atoms with van der Waals surface area (Å²) >= 11 is 0. The van der Waals surface area contributed by atoms with Crippen LogP contribution >= 0.6 is 0 Å². The van der Waals surface area contributed by atoms with E-state index in [1.54, 1.807) is 13.1 Å². The fraction of sp³-hybridized carbons (Fsp3) is 0.500. The molecule has 0 spiro atoms. The van der Waals surface area contributed by atoms with E-state index in [9.17, 15) is 14.9 Å². The number of carbonyl (C=O) groups excluding carboxylic acids is 1. The van der Waals surface area contributed by atoms with Crippen LogP contribution in [0.1, 0.15) is 38.1 Å². The Morgan fingerprint density at radius 2 is 1.95 bits per heavy atom. The maximum Gasteiger partial charge on any atom is 0.282 e. The lowest BCUT2D eigenvalue weighted by molar-refractivity contribution is -0.385. The average molecular weight is 279 g/mol. The molecule has 0 aliphatic carbocycles. The standard InChI is InChI=1S/C14H21N3O3/c1-9(14(2,3)4)16-13(18)11-8-10(15-5)6-7-12(11)17(19)20/h6-9,15H,1-5H3,(H,16,18). The van der Waals surface area contributed by atoms with Crippen molar-refractivity contribution in [2.75, 3.05) is 12.4 Å². The van der Waals surface area contributed by atoms with Crippen molar-refractivity contribution in [3.63, 3.8) is 0 Å². The highest BCUT2D eigenvalue weighted by Gasteiger charge is 2.26. The molecule has 0 heterocycles. The summed E-state index contributed by atoms with van der Waals surface area (Å²) in [5.41, 5.74) is 0.412. The van der Waals surface area contributed by atoms with Crippen molar-refractivity contribution >= 4 is 17.3 Å². The summed E-state index contributed by atoms with van der Waals surface area (Å²) in [5.74, 6) is -0.434. The quantitative estimate of drug-likeness (QED) is 0.655. The lowest BCUT2D eigenvalue weighted by atomic mass is 9.88. The molecule has 0 radical (unpaired) electrons. The number of hydrogen-bond donors (Lipinski definition) is 2. The van der Waals surface area contributed by atoms with E-state index in [1.807, 2.05) is 27.7 Å². The van der Waals surface area contributed by atoms with Crippen LogP contribution in [0.25, 0.3) is 0 Å². The molecule has 2 N–H and O–H groups in total. The number of anilines is 1. The first-order chi connectivity index (χ1) is 9.16. The molecule has 6 nitrogen and oxygen atoms in total. The van der Waals surface area contributed by atoms with Crippen LogP contribution in [0.15, 0.2) is 18.2 Å². The first-order valence-electron chi connectivity index (χ1n) is 6.44. The smallest absolute Gasteiger partial charge is 0.282 e. The van der Waals surface area contributed by atoms with Crippen LogP contribution in [0.5, 0.6) is 0 Å². The Balaban J connectivity index is 3.10. The monoisotopic (exact) mass is 279 g/mol. The topological polar surface area (TPSA) is 84.3 Å². The van der Waals surface area contributed by atoms with Crippen molar-refractivity contribution in [1.82, 2.24) is 5.32 Å². The Labute approximate surface area is 118 Å². The first kappa shape index (κ1) is 15.9. The Bertz CT molecular complexity index is 521. The maximum atomic E-state index is 12.3. The van der Waals surface area contributed by atoms with E-state index >= 15 is 0 Å². The number of nitrogens with zero attached hydrogens (tertiary/aromatic N) is 1. The second kappa shape index (κ2) is 5.90. The van der Waals surface area contributed by atoms with Gasteiger partial charge in [0.05, 0.1) is 4.92 Å². The zero-order valence-corrected chi connectivity index (χ0v) is 12.5. The van der Waals surface area contributed by atoms with E-state index in [4.69, 9.17) is 0 Å². The number of carbonyl (C=O) groups is 1. The maximum absolute atomic E-state index is 12.3. The molecule has 0 fully saturated rings. The highest BCUT2D eigenvalue weighted by Crippen LogP contribution is 2.24. The number of nitrogens with one attached hydrogen (secondary N) is 2. The molecule has 0 bridgehead atoms. The van der Waals surface area contributed by atoms with Crippen LogP contribution in [0, 0.1) is 15.5 Å². The van der Waals surface area contributed by atoms with Crippen molar-refractivity contribution in [2.24, 2.45) is 5.41 Å². The van der Waals surface area contributed by atoms with Gasteiger partial charge in [-0.05, 0) is 24.5 Å². The predicted octanol–water partition coefficient (Wildman–Crippen LogP) is 2.80. The fourth-order valence-electron chi connectivity index (χ4n) is 1.52. The lowest BCUT2D eigenvalue weighted by Gasteiger charge is -2.28. The van der Waals surface area contributed by atoms with Crippen molar-refractivity contribution in [3.8, 4) is 0 Å². The van der Waals surface area contributed by atoms with Gasteiger partial charge in [-0.1, -0.05) is 20.8 Å². The third-order valence-corrected chi connectivity index (χ3v) is 3.37. The third-order valence-electron chi connectivity index (χ3n) is 3.37. The van der Waals surface area contributed by atoms with Gasteiger partial charge in [0.2, 0.25) is 0 Å². The Morgan fingerprint density at radius 3 is 2.40 bits per heavy atom. The van der Waals surface area contributed by atoms with E-state index in [2.05, 4.69) is 10.6 Å². The summed E-state index contributed by atoms with van der Waals surface area (Å²) in [7, 11) is 1.70. The molecular formula is C14H21N3O3. The molecule has 1 aromatic carbocycles. The highest BCUT2D eigenvalue weighted by atomic mass is 16.6. The van der Waals surface area contributed by atoms with Gasteiger partial charge >= 0.3 is 0 Å². The summed E-state index contributed by atoms with van der Waals surface area (Å²) in [5, 5.41) is 16.7. The number of benzene rings is 1. The molecule has 0 saturated heterocycles. The number of rotatable bonds is 4. The summed E-state index contributed by atoms with van der Waals surface area (Å²) < 4.78 is 0. The minimum atomic E-state index is -0.546. The van der Waals surface area contributed by atoms with Gasteiger partial charge in [0.1, 0.15) is 5.56 Å². The van der Waals surface area contributed by atoms with Gasteiger partial charge in [0.25, 0.3) is 11.6 Å². The fourth-order valence-corrected chi connectivity index (χ4v) is 1.52. The van der Waals surface area contributed by atoms with Crippen LogP contribution in [-0.4, -0.2) is 23.9 Å². The summed E-state index contributed by atoms with van der Waals surface area (Å²) in [6.45, 7) is 7.87. The molecule has 6 heteroatoms. The number of hydrogen-bond acceptors (Lipinski definition) is 4. The van der Waals surface area contributed by atoms with Gasteiger partial charge < -0.3 is 10.6 Å². The number of nitro benzene ring substituents is 1.